The van der Waals surface area contributed by atoms with Crippen molar-refractivity contribution in [2.45, 2.75) is 55.4 Å². The Morgan fingerprint density at radius 2 is 2.00 bits per heavy atom. The Kier molecular flexibility index (Phi) is 4.49. The van der Waals surface area contributed by atoms with E-state index in [-0.39, 0.29) is 0 Å². The van der Waals surface area contributed by atoms with Crippen molar-refractivity contribution in [2.24, 2.45) is 5.92 Å². The van der Waals surface area contributed by atoms with Crippen LogP contribution in [0, 0.1) is 5.92 Å². The molecule has 3 atom stereocenters. The molecule has 104 valence electrons. The van der Waals surface area contributed by atoms with Crippen molar-refractivity contribution in [1.29, 1.82) is 0 Å². The molecule has 1 N–H and O–H groups in total. The van der Waals surface area contributed by atoms with Crippen molar-refractivity contribution in [3.05, 3.63) is 29.8 Å². The highest BCUT2D eigenvalue weighted by Crippen LogP contribution is 2.44. The summed E-state index contributed by atoms with van der Waals surface area (Å²) in [5.74, 6) is 2.97. The maximum atomic E-state index is 3.59. The van der Waals surface area contributed by atoms with Gasteiger partial charge in [0.2, 0.25) is 0 Å². The van der Waals surface area contributed by atoms with E-state index >= 15 is 0 Å². The van der Waals surface area contributed by atoms with Crippen molar-refractivity contribution in [1.82, 2.24) is 5.32 Å². The van der Waals surface area contributed by atoms with Gasteiger partial charge in [0.15, 0.2) is 0 Å². The molecule has 0 saturated heterocycles. The molecule has 1 aliphatic carbocycles. The maximum absolute atomic E-state index is 3.59. The third kappa shape index (κ3) is 3.00. The quantitative estimate of drug-likeness (QED) is 0.819. The predicted molar refractivity (Wildman–Crippen MR) is 83.9 cm³/mol. The molecule has 3 rings (SSSR count). The minimum atomic E-state index is 0.750. The fourth-order valence-electron chi connectivity index (χ4n) is 3.84. The molecule has 2 heteroatoms. The monoisotopic (exact) mass is 275 g/mol. The van der Waals surface area contributed by atoms with Crippen LogP contribution in [0.5, 0.6) is 0 Å². The van der Waals surface area contributed by atoms with Crippen LogP contribution in [0.15, 0.2) is 29.2 Å². The molecule has 1 aromatic rings. The Morgan fingerprint density at radius 3 is 2.89 bits per heavy atom. The molecule has 1 fully saturated rings. The minimum absolute atomic E-state index is 0.750. The van der Waals surface area contributed by atoms with Crippen LogP contribution in [0.2, 0.25) is 0 Å². The molecule has 0 spiro atoms. The summed E-state index contributed by atoms with van der Waals surface area (Å²) in [6.07, 6.45) is 8.47. The van der Waals surface area contributed by atoms with Crippen LogP contribution < -0.4 is 5.32 Å². The summed E-state index contributed by atoms with van der Waals surface area (Å²) in [7, 11) is 2.15. The molecule has 0 bridgehead atoms. The number of hydrogen-bond donors (Lipinski definition) is 1. The molecule has 0 amide bonds. The first-order chi connectivity index (χ1) is 9.38. The normalized spacial score (nSPS) is 30.9. The van der Waals surface area contributed by atoms with Gasteiger partial charge >= 0.3 is 0 Å². The van der Waals surface area contributed by atoms with Gasteiger partial charge in [-0.05, 0) is 49.8 Å². The number of benzene rings is 1. The smallest absolute Gasteiger partial charge is 0.0107 e. The number of thioether (sulfide) groups is 1. The van der Waals surface area contributed by atoms with Crippen LogP contribution in [-0.4, -0.2) is 18.8 Å². The van der Waals surface area contributed by atoms with E-state index in [1.807, 2.05) is 0 Å². The van der Waals surface area contributed by atoms with Crippen LogP contribution in [0.1, 0.15) is 50.0 Å². The number of hydrogen-bond acceptors (Lipinski definition) is 2. The molecule has 1 aromatic carbocycles. The number of fused-ring (bicyclic) bond motifs is 1. The molecule has 3 unspecified atom stereocenters. The van der Waals surface area contributed by atoms with E-state index in [2.05, 4.69) is 48.4 Å². The second-order valence-corrected chi connectivity index (χ2v) is 7.14. The maximum Gasteiger partial charge on any atom is 0.0107 e. The van der Waals surface area contributed by atoms with Crippen molar-refractivity contribution in [2.75, 3.05) is 12.8 Å². The number of rotatable bonds is 3. The van der Waals surface area contributed by atoms with E-state index < -0.39 is 0 Å². The van der Waals surface area contributed by atoms with Crippen molar-refractivity contribution in [3.8, 4) is 0 Å². The zero-order valence-electron chi connectivity index (χ0n) is 11.9. The minimum Gasteiger partial charge on any atom is -0.317 e. The fourth-order valence-corrected chi connectivity index (χ4v) is 5.11. The average Bonchev–Trinajstić information content (AvgIpc) is 2.71. The third-order valence-corrected chi connectivity index (χ3v) is 6.17. The third-order valence-electron chi connectivity index (χ3n) is 4.92. The summed E-state index contributed by atoms with van der Waals surface area (Å²) in [5.41, 5.74) is 1.62. The van der Waals surface area contributed by atoms with E-state index in [1.165, 1.54) is 49.2 Å². The highest BCUT2D eigenvalue weighted by Gasteiger charge is 2.29. The van der Waals surface area contributed by atoms with Gasteiger partial charge in [-0.1, -0.05) is 37.5 Å². The molecule has 2 aliphatic rings. The molecule has 19 heavy (non-hydrogen) atoms. The Labute approximate surface area is 121 Å². The molecule has 0 radical (unpaired) electrons. The van der Waals surface area contributed by atoms with Crippen LogP contribution >= 0.6 is 11.8 Å². The van der Waals surface area contributed by atoms with Gasteiger partial charge in [-0.15, -0.1) is 11.8 Å². The topological polar surface area (TPSA) is 12.0 Å². The van der Waals surface area contributed by atoms with Gasteiger partial charge in [0, 0.05) is 16.7 Å². The first-order valence-corrected chi connectivity index (χ1v) is 8.76. The van der Waals surface area contributed by atoms with Gasteiger partial charge in [0.1, 0.15) is 0 Å². The Hall–Kier alpha value is -0.470. The zero-order valence-corrected chi connectivity index (χ0v) is 12.7. The Bertz CT molecular complexity index is 417. The lowest BCUT2D eigenvalue weighted by molar-refractivity contribution is 0.317. The lowest BCUT2D eigenvalue weighted by atomic mass is 9.83. The lowest BCUT2D eigenvalue weighted by Crippen LogP contribution is -2.33. The predicted octanol–water partition coefficient (Wildman–Crippen LogP) is 4.43. The first kappa shape index (κ1) is 13.5. The van der Waals surface area contributed by atoms with E-state index in [0.717, 1.165) is 17.9 Å². The van der Waals surface area contributed by atoms with Crippen LogP contribution in [-0.2, 0) is 0 Å². The largest absolute Gasteiger partial charge is 0.317 e. The summed E-state index contributed by atoms with van der Waals surface area (Å²) in [6.45, 7) is 0. The summed E-state index contributed by atoms with van der Waals surface area (Å²) in [5, 5.41) is 3.59. The zero-order chi connectivity index (χ0) is 13.1. The molecule has 1 saturated carbocycles. The van der Waals surface area contributed by atoms with Crippen molar-refractivity contribution < 1.29 is 0 Å². The summed E-state index contributed by atoms with van der Waals surface area (Å²) in [6, 6.07) is 9.78. The van der Waals surface area contributed by atoms with E-state index in [1.54, 1.807) is 5.56 Å². The Morgan fingerprint density at radius 1 is 1.16 bits per heavy atom. The molecule has 1 aliphatic heterocycles. The second-order valence-electron chi connectivity index (χ2n) is 6.07. The fraction of sp³-hybridized carbons (Fsp3) is 0.647. The van der Waals surface area contributed by atoms with Crippen molar-refractivity contribution >= 4 is 11.8 Å². The van der Waals surface area contributed by atoms with Crippen LogP contribution in [0.25, 0.3) is 0 Å². The number of nitrogens with one attached hydrogen (secondary N) is 1. The molecular formula is C17H25NS. The van der Waals surface area contributed by atoms with E-state index in [9.17, 15) is 0 Å². The molecule has 0 aromatic heterocycles. The van der Waals surface area contributed by atoms with Gasteiger partial charge in [0.05, 0.1) is 0 Å². The SMILES string of the molecule is CNC1CCCCCC1CC1CSc2ccccc21. The lowest BCUT2D eigenvalue weighted by Gasteiger charge is -2.27. The highest BCUT2D eigenvalue weighted by atomic mass is 32.2. The Balaban J connectivity index is 1.70. The first-order valence-electron chi connectivity index (χ1n) is 7.77. The van der Waals surface area contributed by atoms with Crippen molar-refractivity contribution in [3.63, 3.8) is 0 Å². The van der Waals surface area contributed by atoms with E-state index in [0.29, 0.717) is 0 Å². The second kappa shape index (κ2) is 6.32. The highest BCUT2D eigenvalue weighted by molar-refractivity contribution is 7.99. The van der Waals surface area contributed by atoms with Crippen LogP contribution in [0.4, 0.5) is 0 Å². The molecule has 1 nitrogen and oxygen atoms in total. The van der Waals surface area contributed by atoms with Gasteiger partial charge < -0.3 is 5.32 Å². The average molecular weight is 275 g/mol. The van der Waals surface area contributed by atoms with Gasteiger partial charge in [-0.2, -0.15) is 0 Å². The standard InChI is InChI=1S/C17H25NS/c1-18-16-9-4-2-3-7-13(16)11-14-12-19-17-10-6-5-8-15(14)17/h5-6,8,10,13-14,16,18H,2-4,7,9,11-12H2,1H3. The molecule has 1 heterocycles. The van der Waals surface area contributed by atoms with Crippen LogP contribution in [0.3, 0.4) is 0 Å². The molecular weight excluding hydrogens is 250 g/mol. The van der Waals surface area contributed by atoms with Gasteiger partial charge in [0.25, 0.3) is 0 Å². The van der Waals surface area contributed by atoms with Gasteiger partial charge in [-0.3, -0.25) is 0 Å². The summed E-state index contributed by atoms with van der Waals surface area (Å²) >= 11 is 2.06. The van der Waals surface area contributed by atoms with Gasteiger partial charge in [-0.25, -0.2) is 0 Å². The summed E-state index contributed by atoms with van der Waals surface area (Å²) < 4.78 is 0. The van der Waals surface area contributed by atoms with E-state index in [4.69, 9.17) is 0 Å². The summed E-state index contributed by atoms with van der Waals surface area (Å²) in [4.78, 5) is 1.53.